The zero-order valence-corrected chi connectivity index (χ0v) is 10.8. The lowest BCUT2D eigenvalue weighted by atomic mass is 10.2. The van der Waals surface area contributed by atoms with Crippen molar-refractivity contribution in [2.75, 3.05) is 0 Å². The maximum absolute atomic E-state index is 5.88. The van der Waals surface area contributed by atoms with Gasteiger partial charge in [-0.2, -0.15) is 0 Å². The Hall–Kier alpha value is -1.38. The van der Waals surface area contributed by atoms with Crippen molar-refractivity contribution in [3.05, 3.63) is 53.1 Å². The van der Waals surface area contributed by atoms with Gasteiger partial charge >= 0.3 is 0 Å². The van der Waals surface area contributed by atoms with E-state index >= 15 is 0 Å². The van der Waals surface area contributed by atoms with E-state index in [0.717, 1.165) is 21.1 Å². The van der Waals surface area contributed by atoms with Crippen LogP contribution in [-0.4, -0.2) is 4.98 Å². The standard InChI is InChI=1S/C14H10ClNS/c1-9-2-7-13-12(8-9)16-14(17-13)10-3-5-11(15)6-4-10/h2-8H,1H3. The molecule has 1 nitrogen and oxygen atoms in total. The molecule has 0 N–H and O–H groups in total. The van der Waals surface area contributed by atoms with Gasteiger partial charge in [0.15, 0.2) is 0 Å². The zero-order chi connectivity index (χ0) is 11.8. The summed E-state index contributed by atoms with van der Waals surface area (Å²) in [5.74, 6) is 0. The number of hydrogen-bond acceptors (Lipinski definition) is 2. The molecule has 0 spiro atoms. The third-order valence-corrected chi connectivity index (χ3v) is 3.97. The van der Waals surface area contributed by atoms with E-state index in [2.05, 4.69) is 30.1 Å². The van der Waals surface area contributed by atoms with E-state index in [9.17, 15) is 0 Å². The minimum absolute atomic E-state index is 0.755. The van der Waals surface area contributed by atoms with E-state index < -0.39 is 0 Å². The first kappa shape index (κ1) is 10.8. The van der Waals surface area contributed by atoms with E-state index in [0.29, 0.717) is 0 Å². The van der Waals surface area contributed by atoms with Gasteiger partial charge in [0.05, 0.1) is 10.2 Å². The Morgan fingerprint density at radius 1 is 1.06 bits per heavy atom. The van der Waals surface area contributed by atoms with Crippen LogP contribution in [-0.2, 0) is 0 Å². The molecule has 3 heteroatoms. The quantitative estimate of drug-likeness (QED) is 0.604. The Balaban J connectivity index is 2.14. The van der Waals surface area contributed by atoms with Crippen LogP contribution < -0.4 is 0 Å². The third-order valence-electron chi connectivity index (χ3n) is 2.63. The van der Waals surface area contributed by atoms with Gasteiger partial charge in [-0.05, 0) is 36.8 Å². The van der Waals surface area contributed by atoms with Gasteiger partial charge in [0.25, 0.3) is 0 Å². The lowest BCUT2D eigenvalue weighted by molar-refractivity contribution is 1.44. The summed E-state index contributed by atoms with van der Waals surface area (Å²) in [6.45, 7) is 2.08. The fraction of sp³-hybridized carbons (Fsp3) is 0.0714. The van der Waals surface area contributed by atoms with Crippen LogP contribution in [0.5, 0.6) is 0 Å². The van der Waals surface area contributed by atoms with E-state index in [-0.39, 0.29) is 0 Å². The highest BCUT2D eigenvalue weighted by Crippen LogP contribution is 2.31. The van der Waals surface area contributed by atoms with Crippen LogP contribution in [0.3, 0.4) is 0 Å². The SMILES string of the molecule is Cc1ccc2sc(-c3ccc(Cl)cc3)nc2c1. The van der Waals surface area contributed by atoms with Gasteiger partial charge in [0, 0.05) is 10.6 Å². The molecule has 3 aromatic rings. The predicted molar refractivity (Wildman–Crippen MR) is 74.8 cm³/mol. The van der Waals surface area contributed by atoms with E-state index in [4.69, 9.17) is 11.6 Å². The molecule has 0 aliphatic carbocycles. The highest BCUT2D eigenvalue weighted by atomic mass is 35.5. The number of halogens is 1. The van der Waals surface area contributed by atoms with Crippen LogP contribution in [0.2, 0.25) is 5.02 Å². The summed E-state index contributed by atoms with van der Waals surface area (Å²) in [4.78, 5) is 4.65. The summed E-state index contributed by atoms with van der Waals surface area (Å²) in [6, 6.07) is 14.2. The first-order chi connectivity index (χ1) is 8.22. The molecule has 1 heterocycles. The Labute approximate surface area is 109 Å². The van der Waals surface area contributed by atoms with Gasteiger partial charge in [-0.15, -0.1) is 11.3 Å². The molecule has 0 aliphatic heterocycles. The van der Waals surface area contributed by atoms with Gasteiger partial charge in [-0.1, -0.05) is 29.8 Å². The molecule has 0 fully saturated rings. The van der Waals surface area contributed by atoms with E-state index in [1.54, 1.807) is 11.3 Å². The van der Waals surface area contributed by atoms with Crippen molar-refractivity contribution < 1.29 is 0 Å². The van der Waals surface area contributed by atoms with Crippen molar-refractivity contribution in [1.82, 2.24) is 4.98 Å². The minimum Gasteiger partial charge on any atom is -0.236 e. The summed E-state index contributed by atoms with van der Waals surface area (Å²) in [5.41, 5.74) is 3.43. The van der Waals surface area contributed by atoms with Crippen molar-refractivity contribution in [2.24, 2.45) is 0 Å². The molecule has 0 aliphatic rings. The highest BCUT2D eigenvalue weighted by Gasteiger charge is 2.05. The van der Waals surface area contributed by atoms with Crippen LogP contribution in [0.15, 0.2) is 42.5 Å². The number of benzene rings is 2. The first-order valence-electron chi connectivity index (χ1n) is 5.35. The molecule has 2 aromatic carbocycles. The Bertz CT molecular complexity index is 670. The lowest BCUT2D eigenvalue weighted by Crippen LogP contribution is -1.75. The van der Waals surface area contributed by atoms with Gasteiger partial charge < -0.3 is 0 Å². The summed E-state index contributed by atoms with van der Waals surface area (Å²) < 4.78 is 1.22. The van der Waals surface area contributed by atoms with Crippen LogP contribution in [0.1, 0.15) is 5.56 Å². The molecule has 17 heavy (non-hydrogen) atoms. The largest absolute Gasteiger partial charge is 0.236 e. The number of nitrogens with zero attached hydrogens (tertiary/aromatic N) is 1. The normalized spacial score (nSPS) is 10.9. The summed E-state index contributed by atoms with van der Waals surface area (Å²) in [5, 5.41) is 1.80. The second-order valence-electron chi connectivity index (χ2n) is 4.00. The molecule has 0 bridgehead atoms. The Morgan fingerprint density at radius 3 is 2.59 bits per heavy atom. The summed E-state index contributed by atoms with van der Waals surface area (Å²) in [6.07, 6.45) is 0. The van der Waals surface area contributed by atoms with Crippen molar-refractivity contribution in [3.8, 4) is 10.6 Å². The van der Waals surface area contributed by atoms with Crippen LogP contribution in [0.4, 0.5) is 0 Å². The second kappa shape index (κ2) is 4.13. The van der Waals surface area contributed by atoms with Gasteiger partial charge in [0.2, 0.25) is 0 Å². The number of rotatable bonds is 1. The average Bonchev–Trinajstić information content (AvgIpc) is 2.72. The highest BCUT2D eigenvalue weighted by molar-refractivity contribution is 7.21. The summed E-state index contributed by atoms with van der Waals surface area (Å²) >= 11 is 7.59. The maximum atomic E-state index is 5.88. The second-order valence-corrected chi connectivity index (χ2v) is 5.46. The van der Waals surface area contributed by atoms with Crippen LogP contribution in [0.25, 0.3) is 20.8 Å². The number of aryl methyl sites for hydroxylation is 1. The van der Waals surface area contributed by atoms with Gasteiger partial charge in [0.1, 0.15) is 5.01 Å². The van der Waals surface area contributed by atoms with E-state index in [1.807, 2.05) is 24.3 Å². The monoisotopic (exact) mass is 259 g/mol. The predicted octanol–water partition coefficient (Wildman–Crippen LogP) is 4.93. The number of thiazole rings is 1. The fourth-order valence-corrected chi connectivity index (χ4v) is 2.83. The molecule has 0 saturated carbocycles. The lowest BCUT2D eigenvalue weighted by Gasteiger charge is -1.94. The first-order valence-corrected chi connectivity index (χ1v) is 6.55. The molecule has 0 radical (unpaired) electrons. The molecular weight excluding hydrogens is 250 g/mol. The third kappa shape index (κ3) is 2.06. The van der Waals surface area contributed by atoms with Crippen molar-refractivity contribution in [3.63, 3.8) is 0 Å². The van der Waals surface area contributed by atoms with Crippen LogP contribution in [0, 0.1) is 6.92 Å². The molecule has 0 atom stereocenters. The molecule has 0 saturated heterocycles. The Kier molecular flexibility index (Phi) is 2.61. The molecule has 84 valence electrons. The number of fused-ring (bicyclic) bond motifs is 1. The maximum Gasteiger partial charge on any atom is 0.124 e. The van der Waals surface area contributed by atoms with Crippen molar-refractivity contribution in [1.29, 1.82) is 0 Å². The average molecular weight is 260 g/mol. The molecule has 0 amide bonds. The van der Waals surface area contributed by atoms with Crippen molar-refractivity contribution >= 4 is 33.2 Å². The van der Waals surface area contributed by atoms with Crippen molar-refractivity contribution in [2.45, 2.75) is 6.92 Å². The molecule has 0 unspecified atom stereocenters. The minimum atomic E-state index is 0.755. The molecule has 1 aromatic heterocycles. The number of aromatic nitrogens is 1. The fourth-order valence-electron chi connectivity index (χ4n) is 1.75. The number of hydrogen-bond donors (Lipinski definition) is 0. The summed E-state index contributed by atoms with van der Waals surface area (Å²) in [7, 11) is 0. The van der Waals surface area contributed by atoms with Gasteiger partial charge in [-0.25, -0.2) is 4.98 Å². The topological polar surface area (TPSA) is 12.9 Å². The van der Waals surface area contributed by atoms with E-state index in [1.165, 1.54) is 10.3 Å². The smallest absolute Gasteiger partial charge is 0.124 e. The van der Waals surface area contributed by atoms with Crippen LogP contribution >= 0.6 is 22.9 Å². The zero-order valence-electron chi connectivity index (χ0n) is 9.27. The molecular formula is C14H10ClNS. The Morgan fingerprint density at radius 2 is 1.82 bits per heavy atom. The van der Waals surface area contributed by atoms with Gasteiger partial charge in [-0.3, -0.25) is 0 Å². The molecule has 3 rings (SSSR count).